The van der Waals surface area contributed by atoms with Crippen molar-refractivity contribution in [2.75, 3.05) is 19.8 Å². The maximum Gasteiger partial charge on any atom is 0.182 e. The molecule has 0 saturated heterocycles. The first-order valence-electron chi connectivity index (χ1n) is 8.70. The Balaban J connectivity index is 2.03. The van der Waals surface area contributed by atoms with E-state index < -0.39 is 20.5 Å². The molecule has 0 spiro atoms. The summed E-state index contributed by atoms with van der Waals surface area (Å²) in [7, 11) is -3.59. The second-order valence-corrected chi connectivity index (χ2v) is 8.95. The fourth-order valence-electron chi connectivity index (χ4n) is 3.76. The zero-order valence-corrected chi connectivity index (χ0v) is 15.8. The van der Waals surface area contributed by atoms with Gasteiger partial charge in [0, 0.05) is 24.5 Å². The number of hydrogen-bond acceptors (Lipinski definition) is 4. The smallest absolute Gasteiger partial charge is 0.182 e. The van der Waals surface area contributed by atoms with Gasteiger partial charge in [0.15, 0.2) is 9.84 Å². The molecule has 3 rings (SSSR count). The fraction of sp³-hybridized carbons (Fsp3) is 0.400. The van der Waals surface area contributed by atoms with Gasteiger partial charge < -0.3 is 10.5 Å². The van der Waals surface area contributed by atoms with Crippen molar-refractivity contribution in [3.8, 4) is 0 Å². The summed E-state index contributed by atoms with van der Waals surface area (Å²) in [6, 6.07) is 12.8. The third-order valence-electron chi connectivity index (χ3n) is 5.25. The summed E-state index contributed by atoms with van der Waals surface area (Å²) in [5, 5.41) is -0.681. The highest BCUT2D eigenvalue weighted by atomic mass is 32.2. The lowest BCUT2D eigenvalue weighted by atomic mass is 10.00. The largest absolute Gasteiger partial charge is 0.381 e. The summed E-state index contributed by atoms with van der Waals surface area (Å²) in [5.41, 5.74) is 7.11. The van der Waals surface area contributed by atoms with Crippen molar-refractivity contribution < 1.29 is 17.5 Å². The molecule has 1 fully saturated rings. The molecule has 2 N–H and O–H groups in total. The lowest BCUT2D eigenvalue weighted by Crippen LogP contribution is -2.29. The van der Waals surface area contributed by atoms with Crippen molar-refractivity contribution in [1.29, 1.82) is 0 Å². The molecule has 26 heavy (non-hydrogen) atoms. The molecule has 0 radical (unpaired) electrons. The fourth-order valence-corrected chi connectivity index (χ4v) is 6.20. The highest BCUT2D eigenvalue weighted by molar-refractivity contribution is 7.92. The van der Waals surface area contributed by atoms with E-state index in [1.54, 1.807) is 36.4 Å². The first-order valence-corrected chi connectivity index (χ1v) is 10.3. The molecule has 3 atom stereocenters. The summed E-state index contributed by atoms with van der Waals surface area (Å²) < 4.78 is 45.5. The normalized spacial score (nSPS) is 25.2. The SMILES string of the molecule is CCOCC1(CN)C(c2ccc(F)cc2)C1S(=O)(=O)c1ccc(C)cc1. The molecular weight excluding hydrogens is 353 g/mol. The molecular formula is C20H24FNO3S. The van der Waals surface area contributed by atoms with Gasteiger partial charge in [-0.25, -0.2) is 12.8 Å². The average molecular weight is 377 g/mol. The van der Waals surface area contributed by atoms with Crippen LogP contribution in [-0.2, 0) is 14.6 Å². The molecule has 1 aliphatic carbocycles. The number of sulfone groups is 1. The second kappa shape index (κ2) is 7.10. The zero-order valence-electron chi connectivity index (χ0n) is 15.0. The summed E-state index contributed by atoms with van der Waals surface area (Å²) >= 11 is 0. The van der Waals surface area contributed by atoms with Gasteiger partial charge in [-0.2, -0.15) is 0 Å². The van der Waals surface area contributed by atoms with Gasteiger partial charge in [0.1, 0.15) is 5.82 Å². The van der Waals surface area contributed by atoms with Crippen LogP contribution >= 0.6 is 0 Å². The van der Waals surface area contributed by atoms with Crippen LogP contribution in [0.15, 0.2) is 53.4 Å². The van der Waals surface area contributed by atoms with E-state index in [0.29, 0.717) is 6.61 Å². The minimum Gasteiger partial charge on any atom is -0.381 e. The minimum absolute atomic E-state index is 0.185. The third kappa shape index (κ3) is 3.17. The molecule has 0 aromatic heterocycles. The standard InChI is InChI=1S/C20H24FNO3S/c1-3-25-13-20(12-22)18(15-6-8-16(21)9-7-15)19(20)26(23,24)17-10-4-14(2)5-11-17/h4-11,18-19H,3,12-13,22H2,1-2H3. The number of hydrogen-bond donors (Lipinski definition) is 1. The van der Waals surface area contributed by atoms with Crippen LogP contribution in [0.2, 0.25) is 0 Å². The van der Waals surface area contributed by atoms with Gasteiger partial charge in [-0.3, -0.25) is 0 Å². The lowest BCUT2D eigenvalue weighted by Gasteiger charge is -2.16. The maximum atomic E-state index is 13.3. The molecule has 1 aliphatic rings. The van der Waals surface area contributed by atoms with Crippen molar-refractivity contribution >= 4 is 9.84 Å². The molecule has 2 aromatic rings. The van der Waals surface area contributed by atoms with Gasteiger partial charge in [-0.15, -0.1) is 0 Å². The molecule has 0 amide bonds. The molecule has 1 saturated carbocycles. The van der Waals surface area contributed by atoms with Crippen molar-refractivity contribution in [3.05, 3.63) is 65.5 Å². The predicted molar refractivity (Wildman–Crippen MR) is 99.3 cm³/mol. The van der Waals surface area contributed by atoms with Crippen LogP contribution < -0.4 is 5.73 Å². The van der Waals surface area contributed by atoms with Crippen molar-refractivity contribution in [3.63, 3.8) is 0 Å². The molecule has 3 unspecified atom stereocenters. The van der Waals surface area contributed by atoms with Crippen LogP contribution in [0.5, 0.6) is 0 Å². The summed E-state index contributed by atoms with van der Waals surface area (Å²) in [5.74, 6) is -0.665. The maximum absolute atomic E-state index is 13.3. The quantitative estimate of drug-likeness (QED) is 0.805. The molecule has 0 aliphatic heterocycles. The topological polar surface area (TPSA) is 69.4 Å². The highest BCUT2D eigenvalue weighted by Gasteiger charge is 2.70. The van der Waals surface area contributed by atoms with Crippen LogP contribution in [0.3, 0.4) is 0 Å². The van der Waals surface area contributed by atoms with Crippen molar-refractivity contribution in [1.82, 2.24) is 0 Å². The Bertz CT molecular complexity index is 865. The van der Waals surface area contributed by atoms with Crippen LogP contribution in [-0.4, -0.2) is 33.4 Å². The number of halogens is 1. The minimum atomic E-state index is -3.59. The van der Waals surface area contributed by atoms with Crippen LogP contribution in [0.4, 0.5) is 4.39 Å². The number of nitrogens with two attached hydrogens (primary N) is 1. The Morgan fingerprint density at radius 1 is 1.12 bits per heavy atom. The molecule has 2 aromatic carbocycles. The summed E-state index contributed by atoms with van der Waals surface area (Å²) in [6.07, 6.45) is 0. The van der Waals surface area contributed by atoms with E-state index in [0.717, 1.165) is 11.1 Å². The van der Waals surface area contributed by atoms with Crippen LogP contribution in [0, 0.1) is 18.2 Å². The first kappa shape index (κ1) is 19.0. The van der Waals surface area contributed by atoms with Gasteiger partial charge in [-0.05, 0) is 43.7 Å². The van der Waals surface area contributed by atoms with E-state index in [-0.39, 0.29) is 29.8 Å². The van der Waals surface area contributed by atoms with E-state index in [1.807, 2.05) is 13.8 Å². The van der Waals surface area contributed by atoms with Crippen molar-refractivity contribution in [2.24, 2.45) is 11.1 Å². The van der Waals surface area contributed by atoms with Gasteiger partial charge >= 0.3 is 0 Å². The molecule has 4 nitrogen and oxygen atoms in total. The van der Waals surface area contributed by atoms with E-state index >= 15 is 0 Å². The second-order valence-electron chi connectivity index (χ2n) is 6.88. The monoisotopic (exact) mass is 377 g/mol. The Kier molecular flexibility index (Phi) is 5.19. The van der Waals surface area contributed by atoms with Gasteiger partial charge in [-0.1, -0.05) is 29.8 Å². The zero-order chi connectivity index (χ0) is 18.9. The predicted octanol–water partition coefficient (Wildman–Crippen LogP) is 3.06. The summed E-state index contributed by atoms with van der Waals surface area (Å²) in [6.45, 7) is 4.70. The highest BCUT2D eigenvalue weighted by Crippen LogP contribution is 2.63. The van der Waals surface area contributed by atoms with E-state index in [2.05, 4.69) is 0 Å². The van der Waals surface area contributed by atoms with Crippen LogP contribution in [0.25, 0.3) is 0 Å². The lowest BCUT2D eigenvalue weighted by molar-refractivity contribution is 0.101. The molecule has 140 valence electrons. The number of benzene rings is 2. The Morgan fingerprint density at radius 2 is 1.73 bits per heavy atom. The van der Waals surface area contributed by atoms with E-state index in [9.17, 15) is 12.8 Å². The molecule has 0 bridgehead atoms. The van der Waals surface area contributed by atoms with Gasteiger partial charge in [0.05, 0.1) is 16.8 Å². The average Bonchev–Trinajstić information content (AvgIpc) is 3.31. The Labute approximate surface area is 154 Å². The van der Waals surface area contributed by atoms with Gasteiger partial charge in [0.25, 0.3) is 0 Å². The molecule has 6 heteroatoms. The number of ether oxygens (including phenoxy) is 1. The Hall–Kier alpha value is -1.76. The number of rotatable bonds is 7. The van der Waals surface area contributed by atoms with E-state index in [4.69, 9.17) is 10.5 Å². The van der Waals surface area contributed by atoms with Gasteiger partial charge in [0.2, 0.25) is 0 Å². The van der Waals surface area contributed by atoms with Crippen molar-refractivity contribution in [2.45, 2.75) is 29.9 Å². The Morgan fingerprint density at radius 3 is 2.27 bits per heavy atom. The van der Waals surface area contributed by atoms with Crippen LogP contribution in [0.1, 0.15) is 24.0 Å². The summed E-state index contributed by atoms with van der Waals surface area (Å²) in [4.78, 5) is 0.284. The first-order chi connectivity index (χ1) is 12.4. The molecule has 0 heterocycles. The third-order valence-corrected chi connectivity index (χ3v) is 7.59. The van der Waals surface area contributed by atoms with E-state index in [1.165, 1.54) is 12.1 Å². The number of aryl methyl sites for hydroxylation is 1.